The molecule has 1 saturated carbocycles. The van der Waals surface area contributed by atoms with Crippen LogP contribution in [0.5, 0.6) is 5.75 Å². The maximum atomic E-state index is 14.3. The molecule has 5 rings (SSSR count). The summed E-state index contributed by atoms with van der Waals surface area (Å²) in [6.45, 7) is 6.78. The fraction of sp³-hybridized carbons (Fsp3) is 0.538. The second kappa shape index (κ2) is 9.68. The summed E-state index contributed by atoms with van der Waals surface area (Å²) in [6.07, 6.45) is 4.03. The lowest BCUT2D eigenvalue weighted by Crippen LogP contribution is -2.41. The average Bonchev–Trinajstić information content (AvgIpc) is 3.70. The highest BCUT2D eigenvalue weighted by molar-refractivity contribution is 5.81. The number of hydrogen-bond donors (Lipinski definition) is 1. The molecule has 35 heavy (non-hydrogen) atoms. The summed E-state index contributed by atoms with van der Waals surface area (Å²) in [7, 11) is 0. The Kier molecular flexibility index (Phi) is 6.46. The second-order valence-electron chi connectivity index (χ2n) is 9.93. The summed E-state index contributed by atoms with van der Waals surface area (Å²) in [6, 6.07) is 6.44. The maximum Gasteiger partial charge on any atom is 0.226 e. The fourth-order valence-electron chi connectivity index (χ4n) is 4.72. The summed E-state index contributed by atoms with van der Waals surface area (Å²) >= 11 is 0. The Morgan fingerprint density at radius 1 is 1.17 bits per heavy atom. The number of halogens is 1. The lowest BCUT2D eigenvalue weighted by Gasteiger charge is -2.35. The van der Waals surface area contributed by atoms with Gasteiger partial charge < -0.3 is 19.9 Å². The molecule has 3 aliphatic rings. The minimum Gasteiger partial charge on any atom is -0.487 e. The Morgan fingerprint density at radius 3 is 2.60 bits per heavy atom. The van der Waals surface area contributed by atoms with E-state index in [1.54, 1.807) is 6.07 Å². The molecule has 9 heteroatoms. The molecule has 2 aliphatic heterocycles. The predicted octanol–water partition coefficient (Wildman–Crippen LogP) is 3.65. The highest BCUT2D eigenvalue weighted by Gasteiger charge is 2.36. The fourth-order valence-corrected chi connectivity index (χ4v) is 4.72. The molecule has 184 valence electrons. The molecule has 2 aromatic rings. The zero-order valence-corrected chi connectivity index (χ0v) is 20.3. The van der Waals surface area contributed by atoms with Crippen LogP contribution in [0.4, 0.5) is 16.0 Å². The van der Waals surface area contributed by atoms with Gasteiger partial charge in [0.15, 0.2) is 23.2 Å². The first kappa shape index (κ1) is 23.3. The number of benzene rings is 1. The molecule has 2 fully saturated rings. The number of nitrogens with one attached hydrogen (secondary N) is 1. The average molecular weight is 479 g/mol. The molecule has 0 unspecified atom stereocenters. The topological polar surface area (TPSA) is 94.4 Å². The second-order valence-corrected chi connectivity index (χ2v) is 9.93. The van der Waals surface area contributed by atoms with E-state index in [1.165, 1.54) is 12.1 Å². The van der Waals surface area contributed by atoms with E-state index in [9.17, 15) is 9.18 Å². The molecule has 0 bridgehead atoms. The number of rotatable bonds is 6. The van der Waals surface area contributed by atoms with Gasteiger partial charge in [0, 0.05) is 50.9 Å². The van der Waals surface area contributed by atoms with Gasteiger partial charge in [0.25, 0.3) is 0 Å². The zero-order valence-electron chi connectivity index (χ0n) is 20.3. The Labute approximate surface area is 205 Å². The summed E-state index contributed by atoms with van der Waals surface area (Å²) in [5.41, 5.74) is 2.12. The SMILES string of the molecule is CC(C)Nc1nc2c(nc1N1CCC(Oc3ccc(C#N)cc3F)CC1)CN(C(=O)C1CC1)CC2. The molecule has 3 heterocycles. The van der Waals surface area contributed by atoms with E-state index in [1.807, 2.05) is 11.0 Å². The van der Waals surface area contributed by atoms with Crippen LogP contribution in [0.2, 0.25) is 0 Å². The monoisotopic (exact) mass is 478 g/mol. The number of nitriles is 1. The lowest BCUT2D eigenvalue weighted by atomic mass is 10.1. The number of piperidine rings is 1. The van der Waals surface area contributed by atoms with Crippen molar-refractivity contribution in [3.8, 4) is 11.8 Å². The van der Waals surface area contributed by atoms with Crippen LogP contribution in [-0.4, -0.2) is 52.6 Å². The van der Waals surface area contributed by atoms with Crippen LogP contribution in [0.3, 0.4) is 0 Å². The van der Waals surface area contributed by atoms with Crippen LogP contribution in [-0.2, 0) is 17.8 Å². The molecule has 1 aromatic carbocycles. The van der Waals surface area contributed by atoms with E-state index in [-0.39, 0.29) is 35.3 Å². The zero-order chi connectivity index (χ0) is 24.5. The third-order valence-corrected chi connectivity index (χ3v) is 6.75. The van der Waals surface area contributed by atoms with Crippen molar-refractivity contribution in [1.82, 2.24) is 14.9 Å². The van der Waals surface area contributed by atoms with Gasteiger partial charge >= 0.3 is 0 Å². The molecule has 0 spiro atoms. The van der Waals surface area contributed by atoms with Crippen LogP contribution in [0.15, 0.2) is 18.2 Å². The quantitative estimate of drug-likeness (QED) is 0.677. The van der Waals surface area contributed by atoms with Gasteiger partial charge in [0.05, 0.1) is 29.6 Å². The number of anilines is 2. The summed E-state index contributed by atoms with van der Waals surface area (Å²) in [4.78, 5) is 26.7. The minimum absolute atomic E-state index is 0.118. The number of carbonyl (C=O) groups excluding carboxylic acids is 1. The van der Waals surface area contributed by atoms with Crippen molar-refractivity contribution in [2.24, 2.45) is 5.92 Å². The van der Waals surface area contributed by atoms with E-state index in [4.69, 9.17) is 20.0 Å². The van der Waals surface area contributed by atoms with E-state index >= 15 is 0 Å². The van der Waals surface area contributed by atoms with Gasteiger partial charge in [-0.1, -0.05) is 0 Å². The van der Waals surface area contributed by atoms with Gasteiger partial charge in [-0.25, -0.2) is 14.4 Å². The van der Waals surface area contributed by atoms with Crippen LogP contribution in [0.1, 0.15) is 56.5 Å². The molecular weight excluding hydrogens is 447 g/mol. The number of amides is 1. The Hall–Kier alpha value is -3.41. The third-order valence-electron chi connectivity index (χ3n) is 6.75. The van der Waals surface area contributed by atoms with Crippen molar-refractivity contribution >= 4 is 17.5 Å². The summed E-state index contributed by atoms with van der Waals surface area (Å²) < 4.78 is 20.2. The van der Waals surface area contributed by atoms with Gasteiger partial charge in [-0.2, -0.15) is 5.26 Å². The first-order chi connectivity index (χ1) is 16.9. The molecule has 8 nitrogen and oxygen atoms in total. The molecule has 1 aliphatic carbocycles. The van der Waals surface area contributed by atoms with Gasteiger partial charge in [-0.3, -0.25) is 4.79 Å². The number of ether oxygens (including phenoxy) is 1. The molecule has 1 amide bonds. The van der Waals surface area contributed by atoms with Crippen molar-refractivity contribution in [3.05, 3.63) is 41.0 Å². The van der Waals surface area contributed by atoms with Crippen LogP contribution in [0.25, 0.3) is 0 Å². The van der Waals surface area contributed by atoms with Crippen molar-refractivity contribution in [2.75, 3.05) is 29.9 Å². The molecular formula is C26H31FN6O2. The molecule has 0 atom stereocenters. The lowest BCUT2D eigenvalue weighted by molar-refractivity contribution is -0.133. The van der Waals surface area contributed by atoms with Gasteiger partial charge in [-0.05, 0) is 44.9 Å². The van der Waals surface area contributed by atoms with Crippen molar-refractivity contribution in [2.45, 2.75) is 64.6 Å². The molecule has 1 aromatic heterocycles. The Balaban J connectivity index is 1.30. The largest absolute Gasteiger partial charge is 0.487 e. The highest BCUT2D eigenvalue weighted by atomic mass is 19.1. The van der Waals surface area contributed by atoms with Gasteiger partial charge in [0.2, 0.25) is 5.91 Å². The first-order valence-corrected chi connectivity index (χ1v) is 12.5. The third kappa shape index (κ3) is 5.16. The summed E-state index contributed by atoms with van der Waals surface area (Å²) in [5, 5.41) is 12.4. The van der Waals surface area contributed by atoms with E-state index in [0.717, 1.165) is 42.3 Å². The molecule has 0 radical (unpaired) electrons. The first-order valence-electron chi connectivity index (χ1n) is 12.5. The number of hydrogen-bond acceptors (Lipinski definition) is 7. The maximum absolute atomic E-state index is 14.3. The highest BCUT2D eigenvalue weighted by Crippen LogP contribution is 2.34. The number of aromatic nitrogens is 2. The van der Waals surface area contributed by atoms with Crippen molar-refractivity contribution in [3.63, 3.8) is 0 Å². The standard InChI is InChI=1S/C26H31FN6O2/c1-16(2)29-24-25(31-22-15-33(12-9-21(22)30-24)26(34)18-4-5-18)32-10-7-19(8-11-32)35-23-6-3-17(14-28)13-20(23)27/h3,6,13,16,18-19H,4-5,7-12,15H2,1-2H3,(H,29,30). The molecule has 1 saturated heterocycles. The van der Waals surface area contributed by atoms with Crippen LogP contribution < -0.4 is 15.0 Å². The number of nitrogens with zero attached hydrogens (tertiary/aromatic N) is 5. The van der Waals surface area contributed by atoms with Crippen molar-refractivity contribution < 1.29 is 13.9 Å². The number of fused-ring (bicyclic) bond motifs is 1. The Morgan fingerprint density at radius 2 is 1.94 bits per heavy atom. The van der Waals surface area contributed by atoms with Gasteiger partial charge in [-0.15, -0.1) is 0 Å². The van der Waals surface area contributed by atoms with Crippen LogP contribution >= 0.6 is 0 Å². The Bertz CT molecular complexity index is 1150. The van der Waals surface area contributed by atoms with Crippen LogP contribution in [0, 0.1) is 23.1 Å². The summed E-state index contributed by atoms with van der Waals surface area (Å²) in [5.74, 6) is 1.70. The number of carbonyl (C=O) groups is 1. The van der Waals surface area contributed by atoms with Gasteiger partial charge in [0.1, 0.15) is 6.10 Å². The van der Waals surface area contributed by atoms with E-state index in [2.05, 4.69) is 24.1 Å². The smallest absolute Gasteiger partial charge is 0.226 e. The van der Waals surface area contributed by atoms with Crippen molar-refractivity contribution in [1.29, 1.82) is 5.26 Å². The normalized spacial score (nSPS) is 18.3. The van der Waals surface area contributed by atoms with E-state index in [0.29, 0.717) is 39.0 Å². The molecule has 1 N–H and O–H groups in total. The van der Waals surface area contributed by atoms with E-state index < -0.39 is 5.82 Å². The minimum atomic E-state index is -0.513. The predicted molar refractivity (Wildman–Crippen MR) is 130 cm³/mol.